The number of para-hydroxylation sites is 1. The molecular weight excluding hydrogens is 460 g/mol. The molecule has 1 amide bonds. The third kappa shape index (κ3) is 5.51. The Kier molecular flexibility index (Phi) is 7.70. The number of aryl methyl sites for hydroxylation is 1. The Balaban J connectivity index is 1.82. The minimum atomic E-state index is -4.25. The number of anilines is 1. The van der Waals surface area contributed by atoms with Crippen LogP contribution in [0.25, 0.3) is 6.08 Å². The van der Waals surface area contributed by atoms with Gasteiger partial charge in [0.2, 0.25) is 0 Å². The molecule has 0 spiro atoms. The smallest absolute Gasteiger partial charge is 0.330 e. The zero-order valence-electron chi connectivity index (χ0n) is 17.9. The van der Waals surface area contributed by atoms with Crippen LogP contribution in [-0.2, 0) is 22.6 Å². The minimum absolute atomic E-state index is 0.229. The molecular formula is C23H22F4N2O3S. The van der Waals surface area contributed by atoms with Gasteiger partial charge in [0.05, 0.1) is 19.4 Å². The van der Waals surface area contributed by atoms with Crippen LogP contribution < -0.4 is 15.0 Å². The lowest BCUT2D eigenvalue weighted by Gasteiger charge is -2.17. The van der Waals surface area contributed by atoms with Crippen molar-refractivity contribution in [1.82, 2.24) is 5.32 Å². The Morgan fingerprint density at radius 1 is 1.18 bits per heavy atom. The van der Waals surface area contributed by atoms with Crippen molar-refractivity contribution >= 4 is 35.0 Å². The van der Waals surface area contributed by atoms with Crippen LogP contribution in [0.2, 0.25) is 0 Å². The monoisotopic (exact) mass is 482 g/mol. The molecule has 0 aliphatic carbocycles. The van der Waals surface area contributed by atoms with Crippen molar-refractivity contribution in [3.63, 3.8) is 0 Å². The molecule has 1 aliphatic rings. The van der Waals surface area contributed by atoms with Crippen LogP contribution in [0.15, 0.2) is 48.2 Å². The third-order valence-electron chi connectivity index (χ3n) is 4.98. The second-order valence-electron chi connectivity index (χ2n) is 7.24. The topological polar surface area (TPSA) is 50.8 Å². The van der Waals surface area contributed by atoms with Crippen molar-refractivity contribution in [3.8, 4) is 5.75 Å². The molecule has 2 aromatic rings. The molecule has 1 aliphatic heterocycles. The number of thiocarbonyl (C=S) groups is 1. The van der Waals surface area contributed by atoms with Gasteiger partial charge >= 0.3 is 12.3 Å². The molecule has 0 atom stereocenters. The number of nitrogens with zero attached hydrogens (tertiary/aromatic N) is 1. The van der Waals surface area contributed by atoms with Gasteiger partial charge in [0.25, 0.3) is 5.91 Å². The SMILES string of the molecule is CCc1ccccc1N1C(=O)/C(=C\c2ccc(OC)c(COCC(F)(F)C(F)F)c2)NC1=S. The Morgan fingerprint density at radius 3 is 2.58 bits per heavy atom. The summed E-state index contributed by atoms with van der Waals surface area (Å²) in [5, 5.41) is 3.13. The zero-order valence-corrected chi connectivity index (χ0v) is 18.7. The van der Waals surface area contributed by atoms with E-state index in [4.69, 9.17) is 21.7 Å². The van der Waals surface area contributed by atoms with E-state index in [1.807, 2.05) is 31.2 Å². The van der Waals surface area contributed by atoms with Crippen LogP contribution in [0.5, 0.6) is 5.75 Å². The van der Waals surface area contributed by atoms with Crippen LogP contribution in [-0.4, -0.2) is 37.1 Å². The number of amides is 1. The first-order chi connectivity index (χ1) is 15.7. The number of carbonyl (C=O) groups is 1. The van der Waals surface area contributed by atoms with Gasteiger partial charge in [0, 0.05) is 5.56 Å². The summed E-state index contributed by atoms with van der Waals surface area (Å²) in [5.41, 5.74) is 2.78. The molecule has 0 aromatic heterocycles. The number of alkyl halides is 4. The first-order valence-electron chi connectivity index (χ1n) is 10.0. The summed E-state index contributed by atoms with van der Waals surface area (Å²) < 4.78 is 60.9. The van der Waals surface area contributed by atoms with Crippen molar-refractivity contribution in [3.05, 3.63) is 64.9 Å². The molecule has 33 heavy (non-hydrogen) atoms. The van der Waals surface area contributed by atoms with E-state index in [1.165, 1.54) is 12.0 Å². The number of halogens is 4. The number of benzene rings is 2. The maximum atomic E-state index is 13.1. The van der Waals surface area contributed by atoms with Crippen molar-refractivity contribution in [2.75, 3.05) is 18.6 Å². The third-order valence-corrected chi connectivity index (χ3v) is 5.26. The lowest BCUT2D eigenvalue weighted by molar-refractivity contribution is -0.168. The van der Waals surface area contributed by atoms with E-state index in [0.29, 0.717) is 29.0 Å². The maximum absolute atomic E-state index is 13.1. The quantitative estimate of drug-likeness (QED) is 0.312. The molecule has 1 saturated heterocycles. The van der Waals surface area contributed by atoms with E-state index in [2.05, 4.69) is 5.32 Å². The van der Waals surface area contributed by atoms with Gasteiger partial charge in [-0.2, -0.15) is 8.78 Å². The fourth-order valence-corrected chi connectivity index (χ4v) is 3.60. The van der Waals surface area contributed by atoms with E-state index in [1.54, 1.807) is 24.3 Å². The number of hydrogen-bond donors (Lipinski definition) is 1. The largest absolute Gasteiger partial charge is 0.496 e. The molecule has 1 fully saturated rings. The van der Waals surface area contributed by atoms with Gasteiger partial charge in [-0.3, -0.25) is 9.69 Å². The van der Waals surface area contributed by atoms with E-state index >= 15 is 0 Å². The molecule has 0 unspecified atom stereocenters. The number of rotatable bonds is 9. The molecule has 3 rings (SSSR count). The van der Waals surface area contributed by atoms with Gasteiger partial charge in [-0.1, -0.05) is 31.2 Å². The highest BCUT2D eigenvalue weighted by molar-refractivity contribution is 7.80. The Hall–Kier alpha value is -2.98. The summed E-state index contributed by atoms with van der Waals surface area (Å²) in [7, 11) is 1.38. The van der Waals surface area contributed by atoms with E-state index in [0.717, 1.165) is 5.56 Å². The standard InChI is InChI=1S/C23H22F4N2O3S/c1-3-15-6-4-5-7-18(15)29-20(30)17(28-22(29)33)11-14-8-9-19(31-2)16(10-14)12-32-13-23(26,27)21(24)25/h4-11,21H,3,12-13H2,1-2H3,(H,28,33)/b17-11+. The second-order valence-corrected chi connectivity index (χ2v) is 7.62. The molecule has 0 saturated carbocycles. The molecule has 1 heterocycles. The number of nitrogens with one attached hydrogen (secondary N) is 1. The predicted octanol–water partition coefficient (Wildman–Crippen LogP) is 4.94. The van der Waals surface area contributed by atoms with E-state index in [-0.39, 0.29) is 23.3 Å². The van der Waals surface area contributed by atoms with Crippen LogP contribution in [0, 0.1) is 0 Å². The summed E-state index contributed by atoms with van der Waals surface area (Å²) in [6, 6.07) is 12.2. The average Bonchev–Trinajstić information content (AvgIpc) is 3.06. The molecule has 176 valence electrons. The van der Waals surface area contributed by atoms with Crippen molar-refractivity contribution in [1.29, 1.82) is 0 Å². The van der Waals surface area contributed by atoms with Crippen LogP contribution in [0.4, 0.5) is 23.2 Å². The number of hydrogen-bond acceptors (Lipinski definition) is 4. The lowest BCUT2D eigenvalue weighted by atomic mass is 10.1. The second kappa shape index (κ2) is 10.3. The van der Waals surface area contributed by atoms with E-state index < -0.39 is 19.0 Å². The molecule has 1 N–H and O–H groups in total. The van der Waals surface area contributed by atoms with Crippen LogP contribution in [0.3, 0.4) is 0 Å². The zero-order chi connectivity index (χ0) is 24.2. The normalized spacial score (nSPS) is 15.5. The van der Waals surface area contributed by atoms with Crippen molar-refractivity contribution < 1.29 is 31.8 Å². The van der Waals surface area contributed by atoms with Gasteiger partial charge in [0.15, 0.2) is 5.11 Å². The van der Waals surface area contributed by atoms with E-state index in [9.17, 15) is 22.4 Å². The number of ether oxygens (including phenoxy) is 2. The van der Waals surface area contributed by atoms with Gasteiger partial charge in [-0.05, 0) is 54.0 Å². The van der Waals surface area contributed by atoms with Crippen LogP contribution in [0.1, 0.15) is 23.6 Å². The van der Waals surface area contributed by atoms with Crippen molar-refractivity contribution in [2.24, 2.45) is 0 Å². The van der Waals surface area contributed by atoms with Crippen LogP contribution >= 0.6 is 12.2 Å². The molecule has 0 bridgehead atoms. The molecule has 10 heteroatoms. The fourth-order valence-electron chi connectivity index (χ4n) is 3.31. The highest BCUT2D eigenvalue weighted by atomic mass is 32.1. The van der Waals surface area contributed by atoms with Gasteiger partial charge < -0.3 is 14.8 Å². The van der Waals surface area contributed by atoms with Gasteiger partial charge in [-0.15, -0.1) is 0 Å². The summed E-state index contributed by atoms with van der Waals surface area (Å²) >= 11 is 5.36. The Bertz CT molecular complexity index is 1080. The molecule has 5 nitrogen and oxygen atoms in total. The first-order valence-corrected chi connectivity index (χ1v) is 10.4. The highest BCUT2D eigenvalue weighted by Gasteiger charge is 2.41. The molecule has 0 radical (unpaired) electrons. The molecule has 2 aromatic carbocycles. The average molecular weight is 482 g/mol. The lowest BCUT2D eigenvalue weighted by Crippen LogP contribution is -2.32. The number of carbonyl (C=O) groups excluding carboxylic acids is 1. The van der Waals surface area contributed by atoms with Gasteiger partial charge in [-0.25, -0.2) is 8.78 Å². The maximum Gasteiger partial charge on any atom is 0.330 e. The summed E-state index contributed by atoms with van der Waals surface area (Å²) in [4.78, 5) is 14.5. The minimum Gasteiger partial charge on any atom is -0.496 e. The summed E-state index contributed by atoms with van der Waals surface area (Å²) in [6.07, 6.45) is -1.55. The summed E-state index contributed by atoms with van der Waals surface area (Å²) in [5.74, 6) is -4.26. The Labute approximate surface area is 194 Å². The first kappa shape index (κ1) is 24.7. The fraction of sp³-hybridized carbons (Fsp3) is 0.304. The predicted molar refractivity (Wildman–Crippen MR) is 121 cm³/mol. The van der Waals surface area contributed by atoms with Crippen molar-refractivity contribution in [2.45, 2.75) is 32.3 Å². The summed E-state index contributed by atoms with van der Waals surface area (Å²) in [6.45, 7) is 0.169. The number of methoxy groups -OCH3 is 1. The van der Waals surface area contributed by atoms with Gasteiger partial charge in [0.1, 0.15) is 18.1 Å². The highest BCUT2D eigenvalue weighted by Crippen LogP contribution is 2.28. The Morgan fingerprint density at radius 2 is 1.91 bits per heavy atom.